The highest BCUT2D eigenvalue weighted by Crippen LogP contribution is 2.48. The van der Waals surface area contributed by atoms with Crippen LogP contribution in [0, 0.1) is 24.7 Å². The molecule has 0 saturated carbocycles. The maximum absolute atomic E-state index is 12.1. The lowest BCUT2D eigenvalue weighted by molar-refractivity contribution is 0.222. The molecule has 0 aromatic carbocycles. The van der Waals surface area contributed by atoms with Gasteiger partial charge in [0.05, 0.1) is 12.8 Å². The molecule has 4 heteroatoms. The number of hydrogen-bond acceptors (Lipinski definition) is 3. The summed E-state index contributed by atoms with van der Waals surface area (Å²) >= 11 is 0. The highest BCUT2D eigenvalue weighted by molar-refractivity contribution is 7.54. The molecule has 0 aromatic rings. The van der Waals surface area contributed by atoms with Crippen LogP contribution in [0.5, 0.6) is 0 Å². The van der Waals surface area contributed by atoms with Gasteiger partial charge in [0.15, 0.2) is 0 Å². The summed E-state index contributed by atoms with van der Waals surface area (Å²) < 4.78 is 22.3. The second-order valence-electron chi connectivity index (χ2n) is 2.98. The Balaban J connectivity index is 4.15. The van der Waals surface area contributed by atoms with Crippen LogP contribution in [0.15, 0.2) is 12.2 Å². The molecular weight excluding hydrogens is 223 g/mol. The number of allylic oxidation sites excluding steroid dienone is 2. The van der Waals surface area contributed by atoms with Gasteiger partial charge in [-0.3, -0.25) is 9.09 Å². The van der Waals surface area contributed by atoms with Crippen molar-refractivity contribution in [1.29, 1.82) is 0 Å². The van der Waals surface area contributed by atoms with E-state index in [4.69, 9.17) is 21.9 Å². The fourth-order valence-corrected chi connectivity index (χ4v) is 2.32. The van der Waals surface area contributed by atoms with Crippen molar-refractivity contribution in [3.05, 3.63) is 12.2 Å². The van der Waals surface area contributed by atoms with Crippen molar-refractivity contribution < 1.29 is 13.6 Å². The summed E-state index contributed by atoms with van der Waals surface area (Å²) in [4.78, 5) is 0. The minimum absolute atomic E-state index is 0.00995. The van der Waals surface area contributed by atoms with E-state index in [0.717, 1.165) is 0 Å². The van der Waals surface area contributed by atoms with E-state index >= 15 is 0 Å². The smallest absolute Gasteiger partial charge is 0.308 e. The minimum atomic E-state index is -3.09. The summed E-state index contributed by atoms with van der Waals surface area (Å²) in [6.07, 6.45) is 15.2. The zero-order chi connectivity index (χ0) is 12.3. The first kappa shape index (κ1) is 15.0. The van der Waals surface area contributed by atoms with E-state index in [2.05, 4.69) is 11.8 Å². The third kappa shape index (κ3) is 7.32. The van der Waals surface area contributed by atoms with Crippen LogP contribution < -0.4 is 0 Å². The highest BCUT2D eigenvalue weighted by Gasteiger charge is 2.21. The molecule has 0 spiro atoms. The van der Waals surface area contributed by atoms with Crippen molar-refractivity contribution in [2.45, 2.75) is 19.8 Å². The Morgan fingerprint density at radius 1 is 1.31 bits per heavy atom. The van der Waals surface area contributed by atoms with E-state index in [1.807, 2.05) is 6.92 Å². The molecule has 0 fully saturated rings. The monoisotopic (exact) mass is 240 g/mol. The van der Waals surface area contributed by atoms with Gasteiger partial charge in [-0.2, -0.15) is 0 Å². The molecule has 0 bridgehead atoms. The van der Waals surface area contributed by atoms with Crippen LogP contribution in [-0.2, 0) is 13.6 Å². The van der Waals surface area contributed by atoms with Crippen LogP contribution in [0.4, 0.5) is 0 Å². The van der Waals surface area contributed by atoms with Crippen molar-refractivity contribution >= 4 is 7.60 Å². The molecule has 0 saturated heterocycles. The lowest BCUT2D eigenvalue weighted by atomic mass is 10.3. The maximum atomic E-state index is 12.1. The Hall–Kier alpha value is -0.990. The Kier molecular flexibility index (Phi) is 8.68. The Labute approximate surface area is 97.8 Å². The first-order valence-corrected chi connectivity index (χ1v) is 6.77. The molecule has 0 aliphatic rings. The van der Waals surface area contributed by atoms with Crippen LogP contribution in [0.2, 0.25) is 0 Å². The van der Waals surface area contributed by atoms with Crippen molar-refractivity contribution in [2.75, 3.05) is 19.4 Å². The topological polar surface area (TPSA) is 35.5 Å². The average Bonchev–Trinajstić information content (AvgIpc) is 2.30. The van der Waals surface area contributed by atoms with Crippen LogP contribution in [0.3, 0.4) is 0 Å². The van der Waals surface area contributed by atoms with Gasteiger partial charge in [0.25, 0.3) is 0 Å². The summed E-state index contributed by atoms with van der Waals surface area (Å²) in [6, 6.07) is 0. The van der Waals surface area contributed by atoms with E-state index in [1.165, 1.54) is 0 Å². The molecule has 0 aromatic heterocycles. The third-order valence-electron chi connectivity index (χ3n) is 1.66. The second kappa shape index (κ2) is 9.25. The fourth-order valence-electron chi connectivity index (χ4n) is 0.891. The highest BCUT2D eigenvalue weighted by atomic mass is 31.2. The average molecular weight is 240 g/mol. The van der Waals surface area contributed by atoms with Crippen LogP contribution in [0.1, 0.15) is 19.8 Å². The van der Waals surface area contributed by atoms with Crippen LogP contribution >= 0.6 is 7.60 Å². The van der Waals surface area contributed by atoms with Gasteiger partial charge < -0.3 is 4.52 Å². The van der Waals surface area contributed by atoms with E-state index in [9.17, 15) is 4.57 Å². The van der Waals surface area contributed by atoms with Crippen LogP contribution in [-0.4, -0.2) is 19.4 Å². The molecule has 1 atom stereocenters. The molecule has 16 heavy (non-hydrogen) atoms. The lowest BCUT2D eigenvalue weighted by Gasteiger charge is -2.15. The summed E-state index contributed by atoms with van der Waals surface area (Å²) in [6.45, 7) is 2.15. The van der Waals surface area contributed by atoms with Gasteiger partial charge in [0.2, 0.25) is 0 Å². The molecule has 0 heterocycles. The molecular formula is C12H17O3P. The van der Waals surface area contributed by atoms with Crippen molar-refractivity contribution in [3.8, 4) is 24.7 Å². The van der Waals surface area contributed by atoms with Crippen molar-refractivity contribution in [1.82, 2.24) is 0 Å². The zero-order valence-corrected chi connectivity index (χ0v) is 10.4. The second-order valence-corrected chi connectivity index (χ2v) is 5.08. The van der Waals surface area contributed by atoms with E-state index < -0.39 is 7.60 Å². The number of hydrogen-bond donors (Lipinski definition) is 0. The van der Waals surface area contributed by atoms with Gasteiger partial charge in [0.1, 0.15) is 6.61 Å². The molecule has 3 nitrogen and oxygen atoms in total. The molecule has 0 aliphatic heterocycles. The number of rotatable bonds is 8. The predicted molar refractivity (Wildman–Crippen MR) is 66.1 cm³/mol. The summed E-state index contributed by atoms with van der Waals surface area (Å²) in [5.41, 5.74) is 0. The van der Waals surface area contributed by atoms with Gasteiger partial charge >= 0.3 is 7.60 Å². The van der Waals surface area contributed by atoms with E-state index in [-0.39, 0.29) is 12.8 Å². The van der Waals surface area contributed by atoms with Gasteiger partial charge in [0, 0.05) is 6.42 Å². The minimum Gasteiger partial charge on any atom is -0.308 e. The number of terminal acetylenes is 2. The molecule has 0 rings (SSSR count). The Morgan fingerprint density at radius 3 is 2.62 bits per heavy atom. The summed E-state index contributed by atoms with van der Waals surface area (Å²) in [5.74, 6) is 4.75. The molecule has 0 amide bonds. The van der Waals surface area contributed by atoms with Crippen molar-refractivity contribution in [3.63, 3.8) is 0 Å². The SMILES string of the molecule is C#CCCCOP(=O)(CC=CC)OCC#C. The van der Waals surface area contributed by atoms with Gasteiger partial charge in [-0.25, -0.2) is 0 Å². The lowest BCUT2D eigenvalue weighted by Crippen LogP contribution is -2.00. The fraction of sp³-hybridized carbons (Fsp3) is 0.500. The third-order valence-corrected chi connectivity index (χ3v) is 3.42. The standard InChI is InChI=1S/C12H17O3P/c1-4-7-9-11-15-16(13,12-8-5-2)14-10-6-3/h1,3,5,8H,7,9-12H2,2H3. The molecule has 0 aliphatic carbocycles. The van der Waals surface area contributed by atoms with E-state index in [1.54, 1.807) is 12.2 Å². The number of unbranched alkanes of at least 4 members (excludes halogenated alkanes) is 1. The maximum Gasteiger partial charge on any atom is 0.335 e. The van der Waals surface area contributed by atoms with Crippen molar-refractivity contribution in [2.24, 2.45) is 0 Å². The largest absolute Gasteiger partial charge is 0.335 e. The van der Waals surface area contributed by atoms with Gasteiger partial charge in [-0.1, -0.05) is 18.1 Å². The molecule has 0 N–H and O–H groups in total. The molecule has 88 valence electrons. The van der Waals surface area contributed by atoms with Gasteiger partial charge in [-0.05, 0) is 13.3 Å². The quantitative estimate of drug-likeness (QED) is 0.283. The molecule has 1 unspecified atom stereocenters. The molecule has 0 radical (unpaired) electrons. The zero-order valence-electron chi connectivity index (χ0n) is 9.52. The first-order chi connectivity index (χ1) is 7.68. The summed E-state index contributed by atoms with van der Waals surface area (Å²) in [5, 5.41) is 0. The summed E-state index contributed by atoms with van der Waals surface area (Å²) in [7, 11) is -3.09. The normalized spacial score (nSPS) is 14.2. The van der Waals surface area contributed by atoms with Gasteiger partial charge in [-0.15, -0.1) is 18.8 Å². The Bertz CT molecular complexity index is 333. The van der Waals surface area contributed by atoms with Crippen LogP contribution in [0.25, 0.3) is 0 Å². The Morgan fingerprint density at radius 2 is 2.06 bits per heavy atom. The first-order valence-electron chi connectivity index (χ1n) is 5.04. The van der Waals surface area contributed by atoms with E-state index in [0.29, 0.717) is 19.4 Å². The predicted octanol–water partition coefficient (Wildman–Crippen LogP) is 2.84.